The third-order valence-electron chi connectivity index (χ3n) is 3.24. The summed E-state index contributed by atoms with van der Waals surface area (Å²) >= 11 is 0. The number of carbonyl (C=O) groups is 1. The number of nitrogens with one attached hydrogen (secondary N) is 2. The molecule has 1 aromatic carbocycles. The fraction of sp³-hybridized carbons (Fsp3) is 0.500. The molecule has 100 valence electrons. The van der Waals surface area contributed by atoms with Crippen LogP contribution in [0, 0.1) is 0 Å². The van der Waals surface area contributed by atoms with Gasteiger partial charge in [0.15, 0.2) is 0 Å². The van der Waals surface area contributed by atoms with E-state index >= 15 is 0 Å². The highest BCUT2D eigenvalue weighted by atomic mass is 16.5. The zero-order chi connectivity index (χ0) is 13.6. The first kappa shape index (κ1) is 14.7. The summed E-state index contributed by atoms with van der Waals surface area (Å²) in [5.74, 6) is -0.115. The Morgan fingerprint density at radius 1 is 1.39 bits per heavy atom. The minimum atomic E-state index is -0.785. The highest BCUT2D eigenvalue weighted by Crippen LogP contribution is 2.20. The molecule has 0 aliphatic carbocycles. The van der Waals surface area contributed by atoms with Crippen LogP contribution in [0.4, 0.5) is 5.69 Å². The Balaban J connectivity index is 2.87. The minimum Gasteiger partial charge on any atom is -0.369 e. The summed E-state index contributed by atoms with van der Waals surface area (Å²) in [6.45, 7) is 4.44. The van der Waals surface area contributed by atoms with Crippen LogP contribution in [0.15, 0.2) is 24.3 Å². The molecule has 1 rings (SSSR count). The Morgan fingerprint density at radius 2 is 2.06 bits per heavy atom. The van der Waals surface area contributed by atoms with E-state index in [1.165, 1.54) is 0 Å². The van der Waals surface area contributed by atoms with Gasteiger partial charge in [-0.2, -0.15) is 0 Å². The van der Waals surface area contributed by atoms with Gasteiger partial charge >= 0.3 is 0 Å². The van der Waals surface area contributed by atoms with Crippen LogP contribution in [-0.2, 0) is 16.1 Å². The smallest absolute Gasteiger partial charge is 0.256 e. The van der Waals surface area contributed by atoms with E-state index in [0.29, 0.717) is 13.0 Å². The molecule has 1 amide bonds. The summed E-state index contributed by atoms with van der Waals surface area (Å²) in [6, 6.07) is 7.75. The summed E-state index contributed by atoms with van der Waals surface area (Å²) in [7, 11) is 3.44. The van der Waals surface area contributed by atoms with Crippen molar-refractivity contribution in [3.8, 4) is 0 Å². The summed E-state index contributed by atoms with van der Waals surface area (Å²) in [6.07, 6.45) is 0.629. The van der Waals surface area contributed by atoms with Crippen LogP contribution in [0.1, 0.15) is 25.8 Å². The molecule has 0 saturated heterocycles. The van der Waals surface area contributed by atoms with Gasteiger partial charge in [0, 0.05) is 19.3 Å². The third kappa shape index (κ3) is 3.31. The first-order valence-electron chi connectivity index (χ1n) is 6.16. The van der Waals surface area contributed by atoms with Crippen molar-refractivity contribution < 1.29 is 9.53 Å². The molecule has 0 saturated carbocycles. The predicted molar refractivity (Wildman–Crippen MR) is 73.5 cm³/mol. The summed E-state index contributed by atoms with van der Waals surface area (Å²) in [4.78, 5) is 12.2. The van der Waals surface area contributed by atoms with E-state index in [1.54, 1.807) is 14.0 Å². The van der Waals surface area contributed by atoms with Crippen molar-refractivity contribution in [2.24, 2.45) is 0 Å². The molecule has 1 aromatic rings. The number of benzene rings is 1. The zero-order valence-electron chi connectivity index (χ0n) is 11.5. The second-order valence-corrected chi connectivity index (χ2v) is 4.43. The number of carbonyl (C=O) groups excluding carboxylic acids is 1. The van der Waals surface area contributed by atoms with Gasteiger partial charge in [-0.25, -0.2) is 0 Å². The van der Waals surface area contributed by atoms with Crippen LogP contribution in [0.5, 0.6) is 0 Å². The average Bonchev–Trinajstić information content (AvgIpc) is 2.40. The van der Waals surface area contributed by atoms with Crippen LogP contribution >= 0.6 is 0 Å². The van der Waals surface area contributed by atoms with Crippen LogP contribution in [-0.4, -0.2) is 25.7 Å². The van der Waals surface area contributed by atoms with Gasteiger partial charge in [0.25, 0.3) is 5.91 Å². The zero-order valence-corrected chi connectivity index (χ0v) is 11.5. The molecule has 4 nitrogen and oxygen atoms in total. The number of rotatable bonds is 6. The number of methoxy groups -OCH3 is 1. The van der Waals surface area contributed by atoms with Crippen molar-refractivity contribution in [3.63, 3.8) is 0 Å². The maximum atomic E-state index is 12.2. The van der Waals surface area contributed by atoms with Crippen molar-refractivity contribution in [2.45, 2.75) is 32.4 Å². The first-order valence-corrected chi connectivity index (χ1v) is 6.16. The molecule has 0 aliphatic heterocycles. The molecule has 1 unspecified atom stereocenters. The maximum absolute atomic E-state index is 12.2. The monoisotopic (exact) mass is 250 g/mol. The van der Waals surface area contributed by atoms with E-state index in [1.807, 2.05) is 38.2 Å². The fourth-order valence-corrected chi connectivity index (χ4v) is 1.64. The number of para-hydroxylation sites is 1. The van der Waals surface area contributed by atoms with Gasteiger partial charge in [0.05, 0.1) is 0 Å². The molecule has 4 heteroatoms. The fourth-order valence-electron chi connectivity index (χ4n) is 1.64. The molecule has 18 heavy (non-hydrogen) atoms. The second-order valence-electron chi connectivity index (χ2n) is 4.43. The van der Waals surface area contributed by atoms with E-state index in [4.69, 9.17) is 4.74 Å². The summed E-state index contributed by atoms with van der Waals surface area (Å²) in [5, 5.41) is 6.02. The van der Waals surface area contributed by atoms with E-state index in [2.05, 4.69) is 10.6 Å². The molecule has 1 atom stereocenters. The topological polar surface area (TPSA) is 50.4 Å². The Kier molecular flexibility index (Phi) is 5.31. The normalized spacial score (nSPS) is 14.0. The lowest BCUT2D eigenvalue weighted by atomic mass is 10.0. The molecule has 0 radical (unpaired) electrons. The molecular formula is C14H22N2O2. The highest BCUT2D eigenvalue weighted by Gasteiger charge is 2.31. The Labute approximate surface area is 109 Å². The molecule has 2 N–H and O–H groups in total. The van der Waals surface area contributed by atoms with E-state index in [9.17, 15) is 4.79 Å². The van der Waals surface area contributed by atoms with Gasteiger partial charge in [-0.05, 0) is 32.0 Å². The van der Waals surface area contributed by atoms with E-state index in [0.717, 1.165) is 11.3 Å². The van der Waals surface area contributed by atoms with Gasteiger partial charge in [-0.3, -0.25) is 4.79 Å². The Hall–Kier alpha value is -1.39. The van der Waals surface area contributed by atoms with Crippen molar-refractivity contribution >= 4 is 11.6 Å². The molecule has 0 aromatic heterocycles. The number of hydrogen-bond donors (Lipinski definition) is 2. The molecule has 0 spiro atoms. The highest BCUT2D eigenvalue weighted by molar-refractivity contribution is 5.97. The number of hydrogen-bond acceptors (Lipinski definition) is 3. The first-order chi connectivity index (χ1) is 8.57. The van der Waals surface area contributed by atoms with Crippen molar-refractivity contribution in [3.05, 3.63) is 29.8 Å². The van der Waals surface area contributed by atoms with Gasteiger partial charge in [-0.15, -0.1) is 0 Å². The quantitative estimate of drug-likeness (QED) is 0.813. The van der Waals surface area contributed by atoms with Gasteiger partial charge in [0.1, 0.15) is 5.60 Å². The summed E-state index contributed by atoms with van der Waals surface area (Å²) in [5.41, 5.74) is 1.10. The van der Waals surface area contributed by atoms with Crippen LogP contribution in [0.25, 0.3) is 0 Å². The second kappa shape index (κ2) is 6.52. The van der Waals surface area contributed by atoms with Crippen molar-refractivity contribution in [2.75, 3.05) is 19.5 Å². The van der Waals surface area contributed by atoms with Gasteiger partial charge in [0.2, 0.25) is 0 Å². The Morgan fingerprint density at radius 3 is 2.61 bits per heavy atom. The van der Waals surface area contributed by atoms with Crippen LogP contribution in [0.3, 0.4) is 0 Å². The number of anilines is 1. The Bertz CT molecular complexity index is 401. The maximum Gasteiger partial charge on any atom is 0.256 e. The lowest BCUT2D eigenvalue weighted by molar-refractivity contribution is -0.136. The molecule has 0 fully saturated rings. The lowest BCUT2D eigenvalue weighted by Crippen LogP contribution is -2.41. The largest absolute Gasteiger partial charge is 0.369 e. The van der Waals surface area contributed by atoms with Crippen LogP contribution in [0.2, 0.25) is 0 Å². The third-order valence-corrected chi connectivity index (χ3v) is 3.24. The van der Waals surface area contributed by atoms with Crippen LogP contribution < -0.4 is 10.6 Å². The van der Waals surface area contributed by atoms with Crippen molar-refractivity contribution in [1.82, 2.24) is 5.32 Å². The molecule has 0 bridgehead atoms. The SMILES string of the molecule is CCC(C)(OC)C(=O)Nc1ccccc1CNC. The van der Waals surface area contributed by atoms with Gasteiger partial charge in [-0.1, -0.05) is 25.1 Å². The predicted octanol–water partition coefficient (Wildman–Crippen LogP) is 2.16. The van der Waals surface area contributed by atoms with Crippen molar-refractivity contribution in [1.29, 1.82) is 0 Å². The van der Waals surface area contributed by atoms with Gasteiger partial charge < -0.3 is 15.4 Å². The van der Waals surface area contributed by atoms with E-state index < -0.39 is 5.60 Å². The summed E-state index contributed by atoms with van der Waals surface area (Å²) < 4.78 is 5.29. The molecular weight excluding hydrogens is 228 g/mol. The average molecular weight is 250 g/mol. The standard InChI is InChI=1S/C14H22N2O2/c1-5-14(2,18-4)13(17)16-12-9-7-6-8-11(12)10-15-3/h6-9,15H,5,10H2,1-4H3,(H,16,17). The lowest BCUT2D eigenvalue weighted by Gasteiger charge is -2.25. The van der Waals surface area contributed by atoms with E-state index in [-0.39, 0.29) is 5.91 Å². The minimum absolute atomic E-state index is 0.115. The molecule has 0 aliphatic rings. The number of amides is 1. The number of ether oxygens (including phenoxy) is 1. The molecule has 0 heterocycles.